The SMILES string of the molecule is O=COC(Br)Cc1cc2ccccc2[nH]1. The van der Waals surface area contributed by atoms with Gasteiger partial charge in [0.15, 0.2) is 5.01 Å². The molecule has 3 nitrogen and oxygen atoms in total. The van der Waals surface area contributed by atoms with Gasteiger partial charge in [0.05, 0.1) is 0 Å². The van der Waals surface area contributed by atoms with E-state index >= 15 is 0 Å². The third kappa shape index (κ3) is 2.39. The quantitative estimate of drug-likeness (QED) is 0.684. The molecule has 0 aliphatic heterocycles. The number of benzene rings is 1. The summed E-state index contributed by atoms with van der Waals surface area (Å²) in [5.41, 5.74) is 2.14. The number of carbonyl (C=O) groups is 1. The Hall–Kier alpha value is -1.29. The second-order valence-corrected chi connectivity index (χ2v) is 4.25. The van der Waals surface area contributed by atoms with Crippen LogP contribution in [0.2, 0.25) is 0 Å². The van der Waals surface area contributed by atoms with Crippen molar-refractivity contribution >= 4 is 33.3 Å². The summed E-state index contributed by atoms with van der Waals surface area (Å²) >= 11 is 3.26. The van der Waals surface area contributed by atoms with Gasteiger partial charge in [0, 0.05) is 17.6 Å². The molecule has 0 aliphatic carbocycles. The van der Waals surface area contributed by atoms with E-state index in [0.29, 0.717) is 12.9 Å². The molecule has 0 bridgehead atoms. The highest BCUT2D eigenvalue weighted by molar-refractivity contribution is 9.09. The van der Waals surface area contributed by atoms with Gasteiger partial charge in [0.25, 0.3) is 6.47 Å². The molecule has 0 amide bonds. The summed E-state index contributed by atoms with van der Waals surface area (Å²) in [7, 11) is 0. The lowest BCUT2D eigenvalue weighted by molar-refractivity contribution is -0.129. The van der Waals surface area contributed by atoms with E-state index in [4.69, 9.17) is 4.74 Å². The van der Waals surface area contributed by atoms with Crippen LogP contribution in [0.1, 0.15) is 5.69 Å². The summed E-state index contributed by atoms with van der Waals surface area (Å²) in [6.45, 7) is 0.446. The molecule has 4 heteroatoms. The van der Waals surface area contributed by atoms with Crippen LogP contribution in [0.4, 0.5) is 0 Å². The minimum Gasteiger partial charge on any atom is -0.453 e. The molecular weight excluding hydrogens is 258 g/mol. The highest BCUT2D eigenvalue weighted by atomic mass is 79.9. The molecule has 1 atom stereocenters. The standard InChI is InChI=1S/C11H10BrNO2/c12-11(15-7-14)6-9-5-8-3-1-2-4-10(8)13-9/h1-5,7,11,13H,6H2. The Labute approximate surface area is 95.6 Å². The predicted octanol–water partition coefficient (Wildman–Crippen LogP) is 2.60. The van der Waals surface area contributed by atoms with E-state index in [9.17, 15) is 4.79 Å². The van der Waals surface area contributed by atoms with Gasteiger partial charge < -0.3 is 9.72 Å². The van der Waals surface area contributed by atoms with E-state index in [1.807, 2.05) is 24.3 Å². The predicted molar refractivity (Wildman–Crippen MR) is 61.9 cm³/mol. The fourth-order valence-electron chi connectivity index (χ4n) is 1.52. The first kappa shape index (κ1) is 10.2. The first-order valence-corrected chi connectivity index (χ1v) is 5.51. The number of H-pyrrole nitrogens is 1. The molecule has 0 saturated carbocycles. The fourth-order valence-corrected chi connectivity index (χ4v) is 1.96. The maximum absolute atomic E-state index is 10.1. The first-order valence-electron chi connectivity index (χ1n) is 4.59. The maximum atomic E-state index is 10.1. The smallest absolute Gasteiger partial charge is 0.294 e. The molecule has 2 rings (SSSR count). The lowest BCUT2D eigenvalue weighted by Crippen LogP contribution is -2.06. The molecule has 0 aliphatic rings. The molecule has 2 aromatic rings. The third-order valence-electron chi connectivity index (χ3n) is 2.17. The van der Waals surface area contributed by atoms with Gasteiger partial charge in [-0.3, -0.25) is 4.79 Å². The lowest BCUT2D eigenvalue weighted by atomic mass is 10.2. The zero-order valence-electron chi connectivity index (χ0n) is 7.94. The number of hydrogen-bond acceptors (Lipinski definition) is 2. The molecule has 1 unspecified atom stereocenters. The number of hydrogen-bond donors (Lipinski definition) is 1. The number of halogens is 1. The number of carbonyl (C=O) groups excluding carboxylic acids is 1. The van der Waals surface area contributed by atoms with Crippen LogP contribution in [0.5, 0.6) is 0 Å². The van der Waals surface area contributed by atoms with Gasteiger partial charge >= 0.3 is 0 Å². The summed E-state index contributed by atoms with van der Waals surface area (Å²) < 4.78 is 4.76. The number of fused-ring (bicyclic) bond motifs is 1. The Morgan fingerprint density at radius 2 is 2.27 bits per heavy atom. The largest absolute Gasteiger partial charge is 0.453 e. The summed E-state index contributed by atoms with van der Waals surface area (Å²) in [5.74, 6) is 0. The molecule has 1 N–H and O–H groups in total. The Morgan fingerprint density at radius 3 is 3.00 bits per heavy atom. The second-order valence-electron chi connectivity index (χ2n) is 3.23. The average molecular weight is 268 g/mol. The molecule has 0 radical (unpaired) electrons. The van der Waals surface area contributed by atoms with Crippen LogP contribution < -0.4 is 0 Å². The number of aromatic amines is 1. The van der Waals surface area contributed by atoms with Gasteiger partial charge in [-0.1, -0.05) is 18.2 Å². The third-order valence-corrected chi connectivity index (χ3v) is 2.71. The van der Waals surface area contributed by atoms with Crippen molar-refractivity contribution in [3.8, 4) is 0 Å². The number of rotatable bonds is 4. The summed E-state index contributed by atoms with van der Waals surface area (Å²) in [4.78, 5) is 13.4. The van der Waals surface area contributed by atoms with Gasteiger partial charge in [0.2, 0.25) is 0 Å². The van der Waals surface area contributed by atoms with Crippen LogP contribution in [0.3, 0.4) is 0 Å². The molecule has 0 spiro atoms. The summed E-state index contributed by atoms with van der Waals surface area (Å²) in [5, 5.41) is 0.890. The van der Waals surface area contributed by atoms with Crippen molar-refractivity contribution in [2.45, 2.75) is 11.4 Å². The van der Waals surface area contributed by atoms with E-state index < -0.39 is 0 Å². The van der Waals surface area contributed by atoms with Crippen LogP contribution in [0, 0.1) is 0 Å². The number of ether oxygens (including phenoxy) is 1. The van der Waals surface area contributed by atoms with Crippen molar-refractivity contribution in [2.24, 2.45) is 0 Å². The average Bonchev–Trinajstić information content (AvgIpc) is 2.59. The van der Waals surface area contributed by atoms with Crippen molar-refractivity contribution in [3.05, 3.63) is 36.0 Å². The molecule has 1 aromatic carbocycles. The van der Waals surface area contributed by atoms with Crippen molar-refractivity contribution in [2.75, 3.05) is 0 Å². The minimum absolute atomic E-state index is 0.275. The van der Waals surface area contributed by atoms with Crippen LogP contribution in [0.25, 0.3) is 10.9 Å². The lowest BCUT2D eigenvalue weighted by Gasteiger charge is -2.04. The first-order chi connectivity index (χ1) is 7.29. The fraction of sp³-hybridized carbons (Fsp3) is 0.182. The van der Waals surface area contributed by atoms with Crippen molar-refractivity contribution in [3.63, 3.8) is 0 Å². The van der Waals surface area contributed by atoms with Gasteiger partial charge in [-0.05, 0) is 33.4 Å². The van der Waals surface area contributed by atoms with Gasteiger partial charge in [-0.2, -0.15) is 0 Å². The Kier molecular flexibility index (Phi) is 3.06. The van der Waals surface area contributed by atoms with Crippen LogP contribution >= 0.6 is 15.9 Å². The van der Waals surface area contributed by atoms with Gasteiger partial charge in [-0.15, -0.1) is 0 Å². The number of nitrogens with one attached hydrogen (secondary N) is 1. The van der Waals surface area contributed by atoms with Crippen LogP contribution in [-0.2, 0) is 16.0 Å². The maximum Gasteiger partial charge on any atom is 0.294 e. The van der Waals surface area contributed by atoms with Crippen LogP contribution in [-0.4, -0.2) is 16.5 Å². The minimum atomic E-state index is -0.275. The normalized spacial score (nSPS) is 12.6. The Bertz CT molecular complexity index is 433. The molecule has 78 valence electrons. The van der Waals surface area contributed by atoms with Gasteiger partial charge in [-0.25, -0.2) is 0 Å². The van der Waals surface area contributed by atoms with E-state index in [1.54, 1.807) is 0 Å². The van der Waals surface area contributed by atoms with E-state index in [2.05, 4.69) is 27.0 Å². The topological polar surface area (TPSA) is 42.1 Å². The number of alkyl halides is 1. The van der Waals surface area contributed by atoms with E-state index in [0.717, 1.165) is 11.2 Å². The molecular formula is C11H10BrNO2. The Balaban J connectivity index is 2.18. The summed E-state index contributed by atoms with van der Waals surface area (Å²) in [6, 6.07) is 10.1. The number of aromatic nitrogens is 1. The zero-order chi connectivity index (χ0) is 10.7. The van der Waals surface area contributed by atoms with E-state index in [1.165, 1.54) is 5.39 Å². The Morgan fingerprint density at radius 1 is 1.47 bits per heavy atom. The van der Waals surface area contributed by atoms with Gasteiger partial charge in [0.1, 0.15) is 0 Å². The van der Waals surface area contributed by atoms with Crippen LogP contribution in [0.15, 0.2) is 30.3 Å². The highest BCUT2D eigenvalue weighted by Gasteiger charge is 2.07. The summed E-state index contributed by atoms with van der Waals surface area (Å²) in [6.07, 6.45) is 0.632. The number of para-hydroxylation sites is 1. The molecule has 1 heterocycles. The molecule has 1 aromatic heterocycles. The molecule has 0 saturated heterocycles. The molecule has 15 heavy (non-hydrogen) atoms. The van der Waals surface area contributed by atoms with Crippen molar-refractivity contribution < 1.29 is 9.53 Å². The molecule has 0 fully saturated rings. The second kappa shape index (κ2) is 4.49. The van der Waals surface area contributed by atoms with Crippen molar-refractivity contribution in [1.29, 1.82) is 0 Å². The van der Waals surface area contributed by atoms with Crippen molar-refractivity contribution in [1.82, 2.24) is 4.98 Å². The highest BCUT2D eigenvalue weighted by Crippen LogP contribution is 2.17. The monoisotopic (exact) mass is 267 g/mol. The zero-order valence-corrected chi connectivity index (χ0v) is 9.53. The van der Waals surface area contributed by atoms with E-state index in [-0.39, 0.29) is 5.01 Å².